The molecule has 1 aromatic rings. The zero-order valence-electron chi connectivity index (χ0n) is 20.2. The normalized spacial score (nSPS) is 12.3. The van der Waals surface area contributed by atoms with Crippen molar-refractivity contribution < 1.29 is 9.84 Å². The van der Waals surface area contributed by atoms with Crippen molar-refractivity contribution in [3.63, 3.8) is 0 Å². The van der Waals surface area contributed by atoms with Gasteiger partial charge in [-0.15, -0.1) is 0 Å². The van der Waals surface area contributed by atoms with Crippen LogP contribution in [0.4, 0.5) is 0 Å². The maximum absolute atomic E-state index is 10.1. The molecular weight excluding hydrogens is 368 g/mol. The smallest absolute Gasteiger partial charge is 0.118 e. The summed E-state index contributed by atoms with van der Waals surface area (Å²) in [6, 6.07) is 7.76. The Morgan fingerprint density at radius 1 is 0.700 bits per heavy atom. The first-order valence-corrected chi connectivity index (χ1v) is 13.1. The minimum Gasteiger partial charge on any atom is -0.508 e. The third-order valence-corrected chi connectivity index (χ3v) is 6.17. The summed E-state index contributed by atoms with van der Waals surface area (Å²) >= 11 is 0. The first-order valence-electron chi connectivity index (χ1n) is 13.1. The lowest BCUT2D eigenvalue weighted by atomic mass is 9.93. The van der Waals surface area contributed by atoms with E-state index in [-0.39, 0.29) is 0 Å². The van der Waals surface area contributed by atoms with Gasteiger partial charge in [-0.25, -0.2) is 0 Å². The average molecular weight is 419 g/mol. The molecule has 0 aliphatic carbocycles. The van der Waals surface area contributed by atoms with Gasteiger partial charge in [0, 0.05) is 13.2 Å². The molecule has 30 heavy (non-hydrogen) atoms. The second-order valence-corrected chi connectivity index (χ2v) is 9.16. The summed E-state index contributed by atoms with van der Waals surface area (Å²) in [5.74, 6) is 0.945. The molecule has 1 N–H and O–H groups in total. The van der Waals surface area contributed by atoms with E-state index in [0.29, 0.717) is 11.7 Å². The highest BCUT2D eigenvalue weighted by atomic mass is 16.5. The summed E-state index contributed by atoms with van der Waals surface area (Å²) in [6.07, 6.45) is 22.9. The Hall–Kier alpha value is -1.02. The summed E-state index contributed by atoms with van der Waals surface area (Å²) < 4.78 is 5.84. The molecule has 0 aliphatic heterocycles. The number of ether oxygens (including phenoxy) is 1. The van der Waals surface area contributed by atoms with E-state index < -0.39 is 0 Å². The van der Waals surface area contributed by atoms with E-state index in [1.54, 1.807) is 6.07 Å². The highest BCUT2D eigenvalue weighted by molar-refractivity contribution is 5.32. The maximum atomic E-state index is 10.1. The fourth-order valence-electron chi connectivity index (χ4n) is 4.26. The van der Waals surface area contributed by atoms with E-state index in [4.69, 9.17) is 4.74 Å². The molecule has 1 rings (SSSR count). The molecule has 0 spiro atoms. The standard InChI is InChI=1S/C28H50O2/c1-3-5-6-7-8-9-10-11-12-13-14-15-16-17-20-26(25-30-23-4-2)24-27-21-18-19-22-28(27)29/h18-19,21-22,26,29H,3-17,20,23-25H2,1-2H3. The first-order chi connectivity index (χ1) is 14.8. The summed E-state index contributed by atoms with van der Waals surface area (Å²) in [5.41, 5.74) is 1.06. The third-order valence-electron chi connectivity index (χ3n) is 6.17. The van der Waals surface area contributed by atoms with Gasteiger partial charge < -0.3 is 9.84 Å². The number of hydrogen-bond acceptors (Lipinski definition) is 2. The van der Waals surface area contributed by atoms with E-state index in [2.05, 4.69) is 13.8 Å². The van der Waals surface area contributed by atoms with Crippen molar-refractivity contribution in [3.05, 3.63) is 29.8 Å². The number of hydrogen-bond donors (Lipinski definition) is 1. The van der Waals surface area contributed by atoms with Gasteiger partial charge in [-0.2, -0.15) is 0 Å². The highest BCUT2D eigenvalue weighted by Gasteiger charge is 2.12. The molecule has 0 fully saturated rings. The van der Waals surface area contributed by atoms with Crippen molar-refractivity contribution in [1.82, 2.24) is 0 Å². The van der Waals surface area contributed by atoms with Crippen LogP contribution in [0.1, 0.15) is 122 Å². The Bertz CT molecular complexity index is 485. The van der Waals surface area contributed by atoms with Crippen LogP contribution < -0.4 is 0 Å². The largest absolute Gasteiger partial charge is 0.508 e. The minimum atomic E-state index is 0.430. The van der Waals surface area contributed by atoms with Crippen LogP contribution in [0.25, 0.3) is 0 Å². The fourth-order valence-corrected chi connectivity index (χ4v) is 4.26. The van der Waals surface area contributed by atoms with Gasteiger partial charge in [-0.05, 0) is 36.8 Å². The Morgan fingerprint density at radius 3 is 1.77 bits per heavy atom. The van der Waals surface area contributed by atoms with Gasteiger partial charge in [0.15, 0.2) is 0 Å². The van der Waals surface area contributed by atoms with Crippen molar-refractivity contribution in [3.8, 4) is 5.75 Å². The quantitative estimate of drug-likeness (QED) is 0.202. The summed E-state index contributed by atoms with van der Waals surface area (Å²) in [5, 5.41) is 10.1. The molecule has 0 amide bonds. The van der Waals surface area contributed by atoms with Crippen LogP contribution >= 0.6 is 0 Å². The molecule has 1 atom stereocenters. The molecular formula is C28H50O2. The Kier molecular flexibility index (Phi) is 17.9. The zero-order chi connectivity index (χ0) is 21.7. The number of para-hydroxylation sites is 1. The zero-order valence-corrected chi connectivity index (χ0v) is 20.2. The molecule has 2 nitrogen and oxygen atoms in total. The van der Waals surface area contributed by atoms with Gasteiger partial charge >= 0.3 is 0 Å². The lowest BCUT2D eigenvalue weighted by Crippen LogP contribution is -2.13. The van der Waals surface area contributed by atoms with Crippen molar-refractivity contribution in [2.75, 3.05) is 13.2 Å². The second kappa shape index (κ2) is 19.9. The van der Waals surface area contributed by atoms with Crippen LogP contribution in [0.5, 0.6) is 5.75 Å². The molecule has 0 heterocycles. The number of rotatable bonds is 21. The maximum Gasteiger partial charge on any atom is 0.118 e. The number of aromatic hydroxyl groups is 1. The molecule has 0 bridgehead atoms. The van der Waals surface area contributed by atoms with Gasteiger partial charge in [0.1, 0.15) is 5.75 Å². The SMILES string of the molecule is CCCCCCCCCCCCCCCCC(COCCC)Cc1ccccc1O. The number of phenolic OH excluding ortho intramolecular Hbond substituents is 1. The predicted molar refractivity (Wildman–Crippen MR) is 131 cm³/mol. The Morgan fingerprint density at radius 2 is 1.23 bits per heavy atom. The van der Waals surface area contributed by atoms with Gasteiger partial charge in [0.25, 0.3) is 0 Å². The third kappa shape index (κ3) is 14.9. The molecule has 0 aromatic heterocycles. The fraction of sp³-hybridized carbons (Fsp3) is 0.786. The van der Waals surface area contributed by atoms with E-state index in [1.807, 2.05) is 18.2 Å². The van der Waals surface area contributed by atoms with Gasteiger partial charge in [-0.3, -0.25) is 0 Å². The lowest BCUT2D eigenvalue weighted by Gasteiger charge is -2.18. The summed E-state index contributed by atoms with van der Waals surface area (Å²) in [4.78, 5) is 0. The van der Waals surface area contributed by atoms with E-state index >= 15 is 0 Å². The summed E-state index contributed by atoms with van der Waals surface area (Å²) in [7, 11) is 0. The topological polar surface area (TPSA) is 29.5 Å². The number of phenols is 1. The van der Waals surface area contributed by atoms with Crippen LogP contribution in [-0.2, 0) is 11.2 Å². The Labute approximate surface area is 187 Å². The van der Waals surface area contributed by atoms with Crippen molar-refractivity contribution >= 4 is 0 Å². The van der Waals surface area contributed by atoms with Crippen LogP contribution in [-0.4, -0.2) is 18.3 Å². The molecule has 174 valence electrons. The summed E-state index contributed by atoms with van der Waals surface area (Å²) in [6.45, 7) is 6.11. The van der Waals surface area contributed by atoms with Crippen molar-refractivity contribution in [2.24, 2.45) is 5.92 Å². The second-order valence-electron chi connectivity index (χ2n) is 9.16. The lowest BCUT2D eigenvalue weighted by molar-refractivity contribution is 0.0954. The molecule has 0 saturated heterocycles. The van der Waals surface area contributed by atoms with Crippen LogP contribution in [0.2, 0.25) is 0 Å². The number of benzene rings is 1. The van der Waals surface area contributed by atoms with Crippen molar-refractivity contribution in [1.29, 1.82) is 0 Å². The molecule has 1 unspecified atom stereocenters. The van der Waals surface area contributed by atoms with Gasteiger partial charge in [0.2, 0.25) is 0 Å². The first kappa shape index (κ1) is 27.0. The minimum absolute atomic E-state index is 0.430. The van der Waals surface area contributed by atoms with Crippen LogP contribution in [0.15, 0.2) is 24.3 Å². The molecule has 0 saturated carbocycles. The Balaban J connectivity index is 2.04. The predicted octanol–water partition coefficient (Wildman–Crippen LogP) is 8.85. The number of unbranched alkanes of at least 4 members (excludes halogenated alkanes) is 13. The van der Waals surface area contributed by atoms with Crippen LogP contribution in [0, 0.1) is 5.92 Å². The average Bonchev–Trinajstić information content (AvgIpc) is 2.75. The van der Waals surface area contributed by atoms with Crippen molar-refractivity contribution in [2.45, 2.75) is 123 Å². The van der Waals surface area contributed by atoms with Crippen LogP contribution in [0.3, 0.4) is 0 Å². The highest BCUT2D eigenvalue weighted by Crippen LogP contribution is 2.23. The molecule has 1 aromatic carbocycles. The van der Waals surface area contributed by atoms with Gasteiger partial charge in [0.05, 0.1) is 0 Å². The van der Waals surface area contributed by atoms with E-state index in [9.17, 15) is 5.11 Å². The molecule has 2 heteroatoms. The molecule has 0 radical (unpaired) electrons. The van der Waals surface area contributed by atoms with E-state index in [0.717, 1.165) is 31.6 Å². The molecule has 0 aliphatic rings. The van der Waals surface area contributed by atoms with Gasteiger partial charge in [-0.1, -0.05) is 122 Å². The van der Waals surface area contributed by atoms with E-state index in [1.165, 1.54) is 96.3 Å². The monoisotopic (exact) mass is 418 g/mol.